The summed E-state index contributed by atoms with van der Waals surface area (Å²) in [5.74, 6) is 0. The fraction of sp³-hybridized carbons (Fsp3) is 0.667. The Morgan fingerprint density at radius 3 is 1.21 bits per heavy atom. The molecule has 0 heterocycles. The molecule has 0 aliphatic carbocycles. The summed E-state index contributed by atoms with van der Waals surface area (Å²) in [7, 11) is 0. The average molecular weight is 237 g/mol. The minimum Gasteiger partial charge on any atom is -0.518 e. The van der Waals surface area contributed by atoms with Gasteiger partial charge in [0, 0.05) is 18.9 Å². The van der Waals surface area contributed by atoms with Gasteiger partial charge in [0.05, 0.1) is 0 Å². The molecule has 82 valence electrons. The standard InChI is InChI=1S/2C6H11.Cu.Li/c2*1-3-5-6-4-2;;/h2*1,3H,4-6H2,2H3;;/q2*-1;+2;. The first-order valence-electron chi connectivity index (χ1n) is 4.90. The molecule has 0 amide bonds. The summed E-state index contributed by atoms with van der Waals surface area (Å²) in [5, 5.41) is 0. The topological polar surface area (TPSA) is 0 Å². The van der Waals surface area contributed by atoms with E-state index in [1.807, 2.05) is 0 Å². The van der Waals surface area contributed by atoms with E-state index >= 15 is 0 Å². The van der Waals surface area contributed by atoms with Crippen LogP contribution in [0.15, 0.2) is 12.2 Å². The van der Waals surface area contributed by atoms with Crippen LogP contribution in [0.3, 0.4) is 0 Å². The third-order valence-electron chi connectivity index (χ3n) is 1.45. The Morgan fingerprint density at radius 2 is 1.14 bits per heavy atom. The van der Waals surface area contributed by atoms with Gasteiger partial charge < -0.3 is 13.2 Å². The van der Waals surface area contributed by atoms with Crippen molar-refractivity contribution in [2.24, 2.45) is 0 Å². The molecule has 0 nitrogen and oxygen atoms in total. The normalized spacial score (nSPS) is 7.00. The van der Waals surface area contributed by atoms with Crippen molar-refractivity contribution in [3.05, 3.63) is 25.3 Å². The van der Waals surface area contributed by atoms with Gasteiger partial charge in [-0.05, 0) is 0 Å². The van der Waals surface area contributed by atoms with E-state index in [9.17, 15) is 0 Å². The van der Waals surface area contributed by atoms with Gasteiger partial charge in [-0.3, -0.25) is 12.2 Å². The van der Waals surface area contributed by atoms with Gasteiger partial charge in [-0.15, -0.1) is 0 Å². The van der Waals surface area contributed by atoms with Crippen molar-refractivity contribution < 1.29 is 17.1 Å². The summed E-state index contributed by atoms with van der Waals surface area (Å²) < 4.78 is 0. The van der Waals surface area contributed by atoms with Crippen LogP contribution >= 0.6 is 0 Å². The van der Waals surface area contributed by atoms with Crippen LogP contribution in [0, 0.1) is 13.2 Å². The molecule has 0 atom stereocenters. The molecule has 0 aliphatic rings. The van der Waals surface area contributed by atoms with Gasteiger partial charge in [-0.2, -0.15) is 0 Å². The molecule has 0 aliphatic heterocycles. The number of hydrogen-bond donors (Lipinski definition) is 0. The summed E-state index contributed by atoms with van der Waals surface area (Å²) in [6.45, 7) is 14.5. The molecule has 2 heteroatoms. The van der Waals surface area contributed by atoms with Gasteiger partial charge in [0.2, 0.25) is 0 Å². The van der Waals surface area contributed by atoms with Gasteiger partial charge >= 0.3 is 17.1 Å². The first kappa shape index (κ1) is 24.0. The molecule has 2 radical (unpaired) electrons. The van der Waals surface area contributed by atoms with Crippen molar-refractivity contribution in [3.63, 3.8) is 0 Å². The van der Waals surface area contributed by atoms with E-state index in [-0.39, 0.29) is 35.9 Å². The molecular weight excluding hydrogens is 215 g/mol. The monoisotopic (exact) mass is 236 g/mol. The van der Waals surface area contributed by atoms with E-state index in [1.54, 1.807) is 12.2 Å². The van der Waals surface area contributed by atoms with E-state index in [0.717, 1.165) is 12.8 Å². The third-order valence-corrected chi connectivity index (χ3v) is 1.45. The van der Waals surface area contributed by atoms with Gasteiger partial charge in [0.1, 0.15) is 0 Å². The van der Waals surface area contributed by atoms with Crippen LogP contribution in [0.4, 0.5) is 0 Å². The average Bonchev–Trinajstić information content (AvgIpc) is 2.12. The summed E-state index contributed by atoms with van der Waals surface area (Å²) >= 11 is 0. The van der Waals surface area contributed by atoms with Gasteiger partial charge in [0.15, 0.2) is 0 Å². The minimum absolute atomic E-state index is 0. The molecular formula is C12H22CuLi. The summed E-state index contributed by atoms with van der Waals surface area (Å²) in [6, 6.07) is 0. The maximum Gasteiger partial charge on any atom is 2.00 e. The van der Waals surface area contributed by atoms with Crippen LogP contribution in [-0.2, 0) is 17.1 Å². The van der Waals surface area contributed by atoms with E-state index in [0.29, 0.717) is 0 Å². The van der Waals surface area contributed by atoms with Crippen molar-refractivity contribution in [2.75, 3.05) is 0 Å². The SMILES string of the molecule is [CH-]=CCCCC.[CH-]=CCCCC.[Cu+2].[Li]. The largest absolute Gasteiger partial charge is 2.00 e. The Kier molecular flexibility index (Phi) is 50.1. The Morgan fingerprint density at radius 1 is 0.857 bits per heavy atom. The molecule has 0 N–H and O–H groups in total. The Balaban J connectivity index is -0.0000000625. The van der Waals surface area contributed by atoms with Crippen molar-refractivity contribution in [1.82, 2.24) is 0 Å². The molecule has 0 rings (SSSR count). The third kappa shape index (κ3) is 38.9. The molecule has 0 unspecified atom stereocenters. The van der Waals surface area contributed by atoms with E-state index in [2.05, 4.69) is 13.8 Å². The molecule has 0 aromatic carbocycles. The van der Waals surface area contributed by atoms with E-state index in [1.165, 1.54) is 25.7 Å². The first-order chi connectivity index (χ1) is 5.83. The quantitative estimate of drug-likeness (QED) is 0.372. The molecule has 0 saturated carbocycles. The van der Waals surface area contributed by atoms with Crippen molar-refractivity contribution in [2.45, 2.75) is 52.4 Å². The first-order valence-corrected chi connectivity index (χ1v) is 4.90. The van der Waals surface area contributed by atoms with Crippen molar-refractivity contribution in [3.8, 4) is 0 Å². The van der Waals surface area contributed by atoms with Gasteiger partial charge in [-0.1, -0.05) is 52.4 Å². The zero-order valence-electron chi connectivity index (χ0n) is 9.85. The fourth-order valence-electron chi connectivity index (χ4n) is 0.644. The number of rotatable bonds is 6. The maximum absolute atomic E-state index is 5.09. The summed E-state index contributed by atoms with van der Waals surface area (Å²) in [4.78, 5) is 0. The molecule has 0 aromatic rings. The van der Waals surface area contributed by atoms with Crippen LogP contribution in [0.25, 0.3) is 0 Å². The smallest absolute Gasteiger partial charge is 0.518 e. The molecule has 0 spiro atoms. The van der Waals surface area contributed by atoms with Crippen LogP contribution in [0.5, 0.6) is 0 Å². The van der Waals surface area contributed by atoms with Crippen molar-refractivity contribution >= 4 is 18.9 Å². The zero-order valence-corrected chi connectivity index (χ0v) is 10.8. The van der Waals surface area contributed by atoms with Crippen molar-refractivity contribution in [1.29, 1.82) is 0 Å². The second-order valence-electron chi connectivity index (χ2n) is 2.76. The van der Waals surface area contributed by atoms with Crippen LogP contribution in [-0.4, -0.2) is 18.9 Å². The number of unbranched alkanes of at least 4 members (excludes halogenated alkanes) is 4. The Labute approximate surface area is 113 Å². The predicted molar refractivity (Wildman–Crippen MR) is 62.5 cm³/mol. The van der Waals surface area contributed by atoms with Crippen LogP contribution < -0.4 is 0 Å². The molecule has 0 saturated heterocycles. The summed E-state index contributed by atoms with van der Waals surface area (Å²) in [6.07, 6.45) is 10.5. The zero-order chi connectivity index (χ0) is 9.66. The predicted octanol–water partition coefficient (Wildman–Crippen LogP) is 3.95. The number of allylic oxidation sites excluding steroid dienone is 2. The van der Waals surface area contributed by atoms with Gasteiger partial charge in [0.25, 0.3) is 0 Å². The minimum atomic E-state index is 0. The maximum atomic E-state index is 5.09. The van der Waals surface area contributed by atoms with E-state index in [4.69, 9.17) is 13.2 Å². The fourth-order valence-corrected chi connectivity index (χ4v) is 0.644. The Bertz CT molecular complexity index is 80.3. The second-order valence-corrected chi connectivity index (χ2v) is 2.76. The number of hydrogen-bond acceptors (Lipinski definition) is 0. The van der Waals surface area contributed by atoms with Crippen LogP contribution in [0.2, 0.25) is 0 Å². The molecule has 0 fully saturated rings. The summed E-state index contributed by atoms with van der Waals surface area (Å²) in [5.41, 5.74) is 0. The van der Waals surface area contributed by atoms with Crippen LogP contribution in [0.1, 0.15) is 52.4 Å². The Hall–Kier alpha value is 0.597. The second kappa shape index (κ2) is 29.2. The van der Waals surface area contributed by atoms with E-state index < -0.39 is 0 Å². The molecule has 0 bridgehead atoms. The van der Waals surface area contributed by atoms with Gasteiger partial charge in [-0.25, -0.2) is 0 Å². The molecule has 14 heavy (non-hydrogen) atoms. The molecule has 0 aromatic heterocycles.